The molecule has 3 rings (SSSR count). The fraction of sp³-hybridized carbons (Fsp3) is 0. The van der Waals surface area contributed by atoms with Gasteiger partial charge < -0.3 is 5.73 Å². The molecule has 0 saturated carbocycles. The van der Waals surface area contributed by atoms with Gasteiger partial charge in [0.1, 0.15) is 0 Å². The fourth-order valence-corrected chi connectivity index (χ4v) is 3.21. The topological polar surface area (TPSA) is 80.4 Å². The molecule has 8 heteroatoms. The summed E-state index contributed by atoms with van der Waals surface area (Å²) in [6.07, 6.45) is 1.41. The lowest BCUT2D eigenvalue weighted by Crippen LogP contribution is -2.17. The maximum absolute atomic E-state index is 12.1. The number of carbonyl (C=O) groups excluding carboxylic acids is 1. The standard InChI is InChI=1S/C15H10Cl2N4OS/c16-10-2-1-3-11(17)9(10)7-19-21-14(22)8-4-5-12-13(6-8)23-15(18)20-12/h1-7H,(H2,18,20)(H,21,22)/b19-7-. The Balaban J connectivity index is 1.76. The quantitative estimate of drug-likeness (QED) is 0.545. The number of nitrogens with zero attached hydrogens (tertiary/aromatic N) is 2. The molecule has 2 aromatic carbocycles. The molecule has 0 saturated heterocycles. The van der Waals surface area contributed by atoms with Crippen molar-refractivity contribution in [2.75, 3.05) is 5.73 Å². The van der Waals surface area contributed by atoms with E-state index in [1.54, 1.807) is 36.4 Å². The largest absolute Gasteiger partial charge is 0.375 e. The van der Waals surface area contributed by atoms with E-state index >= 15 is 0 Å². The number of halogens is 2. The Kier molecular flexibility index (Phi) is 4.47. The van der Waals surface area contributed by atoms with Gasteiger partial charge in [-0.3, -0.25) is 4.79 Å². The van der Waals surface area contributed by atoms with Gasteiger partial charge in [0.05, 0.1) is 26.5 Å². The van der Waals surface area contributed by atoms with Crippen LogP contribution in [0.1, 0.15) is 15.9 Å². The van der Waals surface area contributed by atoms with E-state index in [2.05, 4.69) is 15.5 Å². The number of anilines is 1. The van der Waals surface area contributed by atoms with Gasteiger partial charge in [0.15, 0.2) is 5.13 Å². The number of fused-ring (bicyclic) bond motifs is 1. The minimum Gasteiger partial charge on any atom is -0.375 e. The van der Waals surface area contributed by atoms with Crippen LogP contribution in [0.5, 0.6) is 0 Å². The summed E-state index contributed by atoms with van der Waals surface area (Å²) in [4.78, 5) is 16.3. The Morgan fingerprint density at radius 3 is 2.74 bits per heavy atom. The summed E-state index contributed by atoms with van der Waals surface area (Å²) in [6.45, 7) is 0. The molecule has 116 valence electrons. The van der Waals surface area contributed by atoms with Gasteiger partial charge in [-0.15, -0.1) is 0 Å². The zero-order chi connectivity index (χ0) is 16.4. The second kappa shape index (κ2) is 6.54. The van der Waals surface area contributed by atoms with Crippen molar-refractivity contribution in [3.8, 4) is 0 Å². The molecular weight excluding hydrogens is 355 g/mol. The van der Waals surface area contributed by atoms with Crippen molar-refractivity contribution in [3.63, 3.8) is 0 Å². The Bertz CT molecular complexity index is 903. The number of hydrazone groups is 1. The van der Waals surface area contributed by atoms with Gasteiger partial charge >= 0.3 is 0 Å². The first-order chi connectivity index (χ1) is 11.0. The molecule has 0 aliphatic rings. The van der Waals surface area contributed by atoms with Crippen LogP contribution in [0.25, 0.3) is 10.2 Å². The van der Waals surface area contributed by atoms with Crippen LogP contribution >= 0.6 is 34.5 Å². The highest BCUT2D eigenvalue weighted by Crippen LogP contribution is 2.24. The lowest BCUT2D eigenvalue weighted by molar-refractivity contribution is 0.0955. The van der Waals surface area contributed by atoms with Crippen LogP contribution in [-0.4, -0.2) is 17.1 Å². The summed E-state index contributed by atoms with van der Waals surface area (Å²) in [7, 11) is 0. The minimum atomic E-state index is -0.349. The molecule has 23 heavy (non-hydrogen) atoms. The van der Waals surface area contributed by atoms with Crippen LogP contribution in [0.2, 0.25) is 10.0 Å². The zero-order valence-corrected chi connectivity index (χ0v) is 13.9. The number of carbonyl (C=O) groups is 1. The molecular formula is C15H10Cl2N4OS. The molecule has 0 bridgehead atoms. The molecule has 0 spiro atoms. The zero-order valence-electron chi connectivity index (χ0n) is 11.6. The summed E-state index contributed by atoms with van der Waals surface area (Å²) in [5.74, 6) is -0.349. The van der Waals surface area contributed by atoms with Crippen LogP contribution in [-0.2, 0) is 0 Å². The molecule has 3 N–H and O–H groups in total. The molecule has 0 unspecified atom stereocenters. The number of nitrogens with two attached hydrogens (primary N) is 1. The molecule has 1 aromatic heterocycles. The first-order valence-corrected chi connectivity index (χ1v) is 8.05. The number of benzene rings is 2. The van der Waals surface area contributed by atoms with Gasteiger partial charge in [0.25, 0.3) is 5.91 Å². The SMILES string of the molecule is Nc1nc2ccc(C(=O)N/N=C\c3c(Cl)cccc3Cl)cc2s1. The molecule has 0 aliphatic carbocycles. The third-order valence-electron chi connectivity index (χ3n) is 3.03. The first kappa shape index (κ1) is 15.7. The number of hydrogen-bond acceptors (Lipinski definition) is 5. The average molecular weight is 365 g/mol. The molecule has 0 atom stereocenters. The highest BCUT2D eigenvalue weighted by Gasteiger charge is 2.08. The summed E-state index contributed by atoms with van der Waals surface area (Å²) >= 11 is 13.4. The number of nitrogens with one attached hydrogen (secondary N) is 1. The number of rotatable bonds is 3. The van der Waals surface area contributed by atoms with Crippen molar-refractivity contribution in [3.05, 3.63) is 57.6 Å². The minimum absolute atomic E-state index is 0.349. The third-order valence-corrected chi connectivity index (χ3v) is 4.53. The number of thiazole rings is 1. The van der Waals surface area contributed by atoms with E-state index in [1.807, 2.05) is 0 Å². The number of amides is 1. The Hall–Kier alpha value is -2.15. The molecule has 0 radical (unpaired) electrons. The summed E-state index contributed by atoms with van der Waals surface area (Å²) in [5, 5.41) is 5.27. The third kappa shape index (κ3) is 3.44. The van der Waals surface area contributed by atoms with Gasteiger partial charge in [-0.1, -0.05) is 40.6 Å². The first-order valence-electron chi connectivity index (χ1n) is 6.48. The highest BCUT2D eigenvalue weighted by atomic mass is 35.5. The van der Waals surface area contributed by atoms with E-state index in [-0.39, 0.29) is 5.91 Å². The van der Waals surface area contributed by atoms with Crippen LogP contribution in [0.4, 0.5) is 5.13 Å². The molecule has 0 fully saturated rings. The second-order valence-electron chi connectivity index (χ2n) is 4.57. The van der Waals surface area contributed by atoms with E-state index < -0.39 is 0 Å². The second-order valence-corrected chi connectivity index (χ2v) is 6.45. The van der Waals surface area contributed by atoms with Gasteiger partial charge in [-0.05, 0) is 30.3 Å². The van der Waals surface area contributed by atoms with Crippen molar-refractivity contribution in [1.82, 2.24) is 10.4 Å². The van der Waals surface area contributed by atoms with Crippen LogP contribution < -0.4 is 11.2 Å². The fourth-order valence-electron chi connectivity index (χ4n) is 1.94. The summed E-state index contributed by atoms with van der Waals surface area (Å²) in [5.41, 5.74) is 9.85. The van der Waals surface area contributed by atoms with E-state index in [0.717, 1.165) is 10.2 Å². The maximum atomic E-state index is 12.1. The van der Waals surface area contributed by atoms with E-state index in [1.165, 1.54) is 17.6 Å². The summed E-state index contributed by atoms with van der Waals surface area (Å²) in [6, 6.07) is 10.2. The lowest BCUT2D eigenvalue weighted by Gasteiger charge is -2.02. The summed E-state index contributed by atoms with van der Waals surface area (Å²) < 4.78 is 0.841. The van der Waals surface area contributed by atoms with Crippen molar-refractivity contribution in [2.45, 2.75) is 0 Å². The molecule has 1 heterocycles. The average Bonchev–Trinajstić information content (AvgIpc) is 2.89. The predicted octanol–water partition coefficient (Wildman–Crippen LogP) is 3.95. The molecule has 0 aliphatic heterocycles. The molecule has 3 aromatic rings. The highest BCUT2D eigenvalue weighted by molar-refractivity contribution is 7.22. The van der Waals surface area contributed by atoms with Crippen LogP contribution in [0.15, 0.2) is 41.5 Å². The monoisotopic (exact) mass is 364 g/mol. The van der Waals surface area contributed by atoms with Crippen molar-refractivity contribution in [1.29, 1.82) is 0 Å². The van der Waals surface area contributed by atoms with Crippen molar-refractivity contribution < 1.29 is 4.79 Å². The smallest absolute Gasteiger partial charge is 0.271 e. The molecule has 1 amide bonds. The normalized spacial score (nSPS) is 11.2. The van der Waals surface area contributed by atoms with Gasteiger partial charge in [0, 0.05) is 11.1 Å². The van der Waals surface area contributed by atoms with Gasteiger partial charge in [-0.25, -0.2) is 10.4 Å². The van der Waals surface area contributed by atoms with E-state index in [0.29, 0.717) is 26.3 Å². The van der Waals surface area contributed by atoms with Gasteiger partial charge in [0.2, 0.25) is 0 Å². The number of aromatic nitrogens is 1. The lowest BCUT2D eigenvalue weighted by atomic mass is 10.2. The molecule has 5 nitrogen and oxygen atoms in total. The van der Waals surface area contributed by atoms with Crippen molar-refractivity contribution >= 4 is 62.0 Å². The van der Waals surface area contributed by atoms with Crippen molar-refractivity contribution in [2.24, 2.45) is 5.10 Å². The van der Waals surface area contributed by atoms with Gasteiger partial charge in [-0.2, -0.15) is 5.10 Å². The van der Waals surface area contributed by atoms with Crippen LogP contribution in [0.3, 0.4) is 0 Å². The maximum Gasteiger partial charge on any atom is 0.271 e. The Morgan fingerprint density at radius 2 is 2.00 bits per heavy atom. The Morgan fingerprint density at radius 1 is 1.26 bits per heavy atom. The number of hydrogen-bond donors (Lipinski definition) is 2. The van der Waals surface area contributed by atoms with E-state index in [9.17, 15) is 4.79 Å². The van der Waals surface area contributed by atoms with Crippen LogP contribution in [0, 0.1) is 0 Å². The van der Waals surface area contributed by atoms with E-state index in [4.69, 9.17) is 28.9 Å². The Labute approximate surface area is 145 Å². The predicted molar refractivity (Wildman–Crippen MR) is 95.6 cm³/mol. The number of nitrogen functional groups attached to an aromatic ring is 1.